The van der Waals surface area contributed by atoms with Crippen molar-refractivity contribution in [3.05, 3.63) is 65.7 Å². The molecule has 0 spiro atoms. The number of para-hydroxylation sites is 1. The highest BCUT2D eigenvalue weighted by molar-refractivity contribution is 6.54. The Bertz CT molecular complexity index is 885. The van der Waals surface area contributed by atoms with E-state index >= 15 is 0 Å². The molecule has 0 N–H and O–H groups in total. The van der Waals surface area contributed by atoms with Crippen LogP contribution >= 0.6 is 0 Å². The largest absolute Gasteiger partial charge is 0.309 e. The summed E-state index contributed by atoms with van der Waals surface area (Å²) in [7, 11) is 1.73. The molecular formula is C18H15N5O. The maximum Gasteiger partial charge on any atom is 0.279 e. The second-order valence-electron chi connectivity index (χ2n) is 5.69. The van der Waals surface area contributed by atoms with Gasteiger partial charge in [-0.05, 0) is 11.6 Å². The molecule has 6 heteroatoms. The molecule has 1 amide bonds. The topological polar surface area (TPSA) is 69.8 Å². The van der Waals surface area contributed by atoms with Gasteiger partial charge in [-0.15, -0.1) is 15.3 Å². The van der Waals surface area contributed by atoms with Gasteiger partial charge in [-0.25, -0.2) is 0 Å². The molecule has 0 saturated heterocycles. The van der Waals surface area contributed by atoms with Crippen LogP contribution in [0.1, 0.15) is 23.6 Å². The zero-order valence-corrected chi connectivity index (χ0v) is 13.1. The van der Waals surface area contributed by atoms with E-state index in [1.807, 2.05) is 54.6 Å². The van der Waals surface area contributed by atoms with Gasteiger partial charge in [0, 0.05) is 19.0 Å². The fourth-order valence-electron chi connectivity index (χ4n) is 2.87. The maximum absolute atomic E-state index is 12.3. The molecule has 0 fully saturated rings. The first-order chi connectivity index (χ1) is 11.7. The highest BCUT2D eigenvalue weighted by Crippen LogP contribution is 2.29. The molecule has 2 aromatic carbocycles. The Morgan fingerprint density at radius 1 is 1.04 bits per heavy atom. The van der Waals surface area contributed by atoms with Gasteiger partial charge in [0.05, 0.1) is 5.69 Å². The van der Waals surface area contributed by atoms with Crippen LogP contribution in [0.3, 0.4) is 0 Å². The normalized spacial score (nSPS) is 22.6. The fourth-order valence-corrected chi connectivity index (χ4v) is 2.87. The minimum absolute atomic E-state index is 0.0283. The Labute approximate surface area is 139 Å². The van der Waals surface area contributed by atoms with E-state index < -0.39 is 0 Å². The van der Waals surface area contributed by atoms with Crippen molar-refractivity contribution in [3.63, 3.8) is 0 Å². The zero-order chi connectivity index (χ0) is 16.5. The van der Waals surface area contributed by atoms with Gasteiger partial charge in [-0.2, -0.15) is 5.11 Å². The number of fused-ring (bicyclic) bond motifs is 1. The Morgan fingerprint density at radius 2 is 1.79 bits per heavy atom. The summed E-state index contributed by atoms with van der Waals surface area (Å²) in [6.07, 6.45) is 0.590. The molecule has 0 aliphatic carbocycles. The summed E-state index contributed by atoms with van der Waals surface area (Å²) in [5.74, 6) is 0.381. The number of amides is 1. The van der Waals surface area contributed by atoms with Crippen molar-refractivity contribution < 1.29 is 4.79 Å². The van der Waals surface area contributed by atoms with E-state index in [0.717, 1.165) is 16.8 Å². The SMILES string of the molecule is CN1C(=O)/C(=N\N=C2/CC(c3ccccc3)N=N2)c2ccccc21. The smallest absolute Gasteiger partial charge is 0.279 e. The Kier molecular flexibility index (Phi) is 3.49. The van der Waals surface area contributed by atoms with E-state index in [1.165, 1.54) is 0 Å². The number of amidine groups is 1. The van der Waals surface area contributed by atoms with Gasteiger partial charge in [-0.3, -0.25) is 4.79 Å². The van der Waals surface area contributed by atoms with Gasteiger partial charge in [-0.1, -0.05) is 48.5 Å². The van der Waals surface area contributed by atoms with E-state index in [1.54, 1.807) is 11.9 Å². The number of benzene rings is 2. The summed E-state index contributed by atoms with van der Waals surface area (Å²) in [5.41, 5.74) is 3.08. The number of nitrogens with zero attached hydrogens (tertiary/aromatic N) is 5. The Hall–Kier alpha value is -3.15. The lowest BCUT2D eigenvalue weighted by Crippen LogP contribution is -2.25. The number of hydrogen-bond donors (Lipinski definition) is 0. The van der Waals surface area contributed by atoms with Crippen LogP contribution in [-0.2, 0) is 4.79 Å². The average Bonchev–Trinajstić information content (AvgIpc) is 3.19. The van der Waals surface area contributed by atoms with Gasteiger partial charge >= 0.3 is 0 Å². The molecule has 6 nitrogen and oxygen atoms in total. The quantitative estimate of drug-likeness (QED) is 0.783. The third-order valence-electron chi connectivity index (χ3n) is 4.17. The predicted molar refractivity (Wildman–Crippen MR) is 92.5 cm³/mol. The minimum Gasteiger partial charge on any atom is -0.309 e. The van der Waals surface area contributed by atoms with Crippen molar-refractivity contribution in [2.45, 2.75) is 12.5 Å². The van der Waals surface area contributed by atoms with Gasteiger partial charge in [0.25, 0.3) is 5.91 Å². The van der Waals surface area contributed by atoms with E-state index in [4.69, 9.17) is 0 Å². The van der Waals surface area contributed by atoms with Crippen LogP contribution in [0, 0.1) is 0 Å². The standard InChI is InChI=1S/C18H15N5O/c1-23-15-10-6-5-9-13(15)17(18(23)24)22-21-16-11-14(19-20-16)12-7-3-2-4-8-12/h2-10,14H,11H2,1H3/b21-16+,22-17-. The van der Waals surface area contributed by atoms with E-state index in [2.05, 4.69) is 20.4 Å². The Morgan fingerprint density at radius 3 is 2.62 bits per heavy atom. The first-order valence-corrected chi connectivity index (χ1v) is 7.72. The molecule has 2 aliphatic rings. The van der Waals surface area contributed by atoms with Crippen molar-refractivity contribution in [1.29, 1.82) is 0 Å². The maximum atomic E-state index is 12.3. The number of carbonyl (C=O) groups excluding carboxylic acids is 1. The molecule has 0 saturated carbocycles. The van der Waals surface area contributed by atoms with E-state index in [0.29, 0.717) is 18.0 Å². The van der Waals surface area contributed by atoms with Crippen LogP contribution in [0.5, 0.6) is 0 Å². The molecule has 2 aliphatic heterocycles. The molecule has 0 radical (unpaired) electrons. The Balaban J connectivity index is 1.59. The van der Waals surface area contributed by atoms with Crippen molar-refractivity contribution in [2.24, 2.45) is 20.4 Å². The number of hydrogen-bond acceptors (Lipinski definition) is 4. The van der Waals surface area contributed by atoms with Gasteiger partial charge in [0.2, 0.25) is 0 Å². The predicted octanol–water partition coefficient (Wildman–Crippen LogP) is 3.36. The van der Waals surface area contributed by atoms with Gasteiger partial charge in [0.15, 0.2) is 11.5 Å². The van der Waals surface area contributed by atoms with Gasteiger partial charge in [0.1, 0.15) is 6.04 Å². The lowest BCUT2D eigenvalue weighted by atomic mass is 10.1. The molecule has 4 rings (SSSR count). The summed E-state index contributed by atoms with van der Waals surface area (Å²) in [5, 5.41) is 16.7. The molecule has 24 heavy (non-hydrogen) atoms. The summed E-state index contributed by atoms with van der Waals surface area (Å²) >= 11 is 0. The third kappa shape index (κ3) is 2.42. The van der Waals surface area contributed by atoms with Crippen molar-refractivity contribution in [3.8, 4) is 0 Å². The number of likely N-dealkylation sites (N-methyl/N-ethyl adjacent to an activating group) is 1. The van der Waals surface area contributed by atoms with Crippen molar-refractivity contribution in [2.75, 3.05) is 11.9 Å². The first-order valence-electron chi connectivity index (χ1n) is 7.72. The first kappa shape index (κ1) is 14.4. The lowest BCUT2D eigenvalue weighted by molar-refractivity contribution is -0.111. The molecule has 2 heterocycles. The lowest BCUT2D eigenvalue weighted by Gasteiger charge is -2.07. The number of anilines is 1. The summed E-state index contributed by atoms with van der Waals surface area (Å²) in [4.78, 5) is 13.9. The van der Waals surface area contributed by atoms with Crippen molar-refractivity contribution >= 4 is 23.1 Å². The number of carbonyl (C=O) groups is 1. The highest BCUT2D eigenvalue weighted by Gasteiger charge is 2.31. The molecule has 1 atom stereocenters. The molecule has 2 aromatic rings. The van der Waals surface area contributed by atoms with Crippen LogP contribution in [-0.4, -0.2) is 24.5 Å². The highest BCUT2D eigenvalue weighted by atomic mass is 16.2. The second kappa shape index (κ2) is 5.81. The molecule has 0 aromatic heterocycles. The second-order valence-corrected chi connectivity index (χ2v) is 5.69. The van der Waals surface area contributed by atoms with Crippen molar-refractivity contribution in [1.82, 2.24) is 0 Å². The average molecular weight is 317 g/mol. The van der Waals surface area contributed by atoms with Crippen LogP contribution in [0.4, 0.5) is 5.69 Å². The van der Waals surface area contributed by atoms with Gasteiger partial charge < -0.3 is 4.90 Å². The van der Waals surface area contributed by atoms with Crippen LogP contribution < -0.4 is 4.90 Å². The van der Waals surface area contributed by atoms with Crippen LogP contribution in [0.25, 0.3) is 0 Å². The summed E-state index contributed by atoms with van der Waals surface area (Å²) < 4.78 is 0. The number of azo groups is 1. The monoisotopic (exact) mass is 317 g/mol. The molecular weight excluding hydrogens is 302 g/mol. The summed E-state index contributed by atoms with van der Waals surface area (Å²) in [6, 6.07) is 17.5. The fraction of sp³-hybridized carbons (Fsp3) is 0.167. The number of rotatable bonds is 2. The van der Waals surface area contributed by atoms with E-state index in [9.17, 15) is 4.79 Å². The van der Waals surface area contributed by atoms with Crippen LogP contribution in [0.2, 0.25) is 0 Å². The zero-order valence-electron chi connectivity index (χ0n) is 13.1. The third-order valence-corrected chi connectivity index (χ3v) is 4.17. The van der Waals surface area contributed by atoms with E-state index in [-0.39, 0.29) is 11.9 Å². The molecule has 1 unspecified atom stereocenters. The van der Waals surface area contributed by atoms with Crippen LogP contribution in [0.15, 0.2) is 75.0 Å². The summed E-state index contributed by atoms with van der Waals surface area (Å²) in [6.45, 7) is 0. The molecule has 0 bridgehead atoms. The minimum atomic E-state index is -0.157. The molecule has 118 valence electrons.